The molecule has 0 spiro atoms. The van der Waals surface area contributed by atoms with E-state index in [1.807, 2.05) is 36.9 Å². The van der Waals surface area contributed by atoms with Crippen LogP contribution in [0.4, 0.5) is 0 Å². The Bertz CT molecular complexity index is 3590. The Morgan fingerprint density at radius 3 is 1.05 bits per heavy atom. The van der Waals surface area contributed by atoms with Crippen LogP contribution in [0.3, 0.4) is 0 Å². The van der Waals surface area contributed by atoms with Gasteiger partial charge in [0.25, 0.3) is 0 Å². The van der Waals surface area contributed by atoms with Gasteiger partial charge in [-0.2, -0.15) is 0 Å². The number of halogens is 3. The Morgan fingerprint density at radius 2 is 0.676 bits per heavy atom. The number of H-pyrrole nitrogens is 1. The minimum atomic E-state index is -0.600. The van der Waals surface area contributed by atoms with Gasteiger partial charge in [-0.25, -0.2) is 15.0 Å². The summed E-state index contributed by atoms with van der Waals surface area (Å²) in [5, 5.41) is 0. The number of hydrogen-bond donors (Lipinski definition) is 1. The maximum absolute atomic E-state index is 5.62. The Balaban J connectivity index is 0.000000139. The van der Waals surface area contributed by atoms with Crippen LogP contribution in [0.25, 0.3) is 33.1 Å². The van der Waals surface area contributed by atoms with Gasteiger partial charge in [0.15, 0.2) is 0 Å². The van der Waals surface area contributed by atoms with Crippen molar-refractivity contribution in [2.45, 2.75) is 11.1 Å². The molecule has 0 aliphatic carbocycles. The summed E-state index contributed by atoms with van der Waals surface area (Å²) >= 11 is 10.7. The zero-order valence-corrected chi connectivity index (χ0v) is 45.4. The first-order chi connectivity index (χ1) is 36.3. The maximum atomic E-state index is 5.62. The van der Waals surface area contributed by atoms with Gasteiger partial charge in [0, 0.05) is 18.2 Å². The summed E-state index contributed by atoms with van der Waals surface area (Å²) in [6.07, 6.45) is 5.53. The van der Waals surface area contributed by atoms with E-state index in [9.17, 15) is 0 Å². The molecule has 12 heteroatoms. The van der Waals surface area contributed by atoms with Gasteiger partial charge >= 0.3 is 0 Å². The van der Waals surface area contributed by atoms with E-state index < -0.39 is 11.1 Å². The quantitative estimate of drug-likeness (QED) is 0.130. The summed E-state index contributed by atoms with van der Waals surface area (Å²) in [5.74, 6) is 2.34. The number of benzene rings is 9. The number of fused-ring (bicyclic) bond motifs is 3. The second kappa shape index (κ2) is 22.1. The molecule has 0 unspecified atom stereocenters. The smallest absolute Gasteiger partial charge is 0.135 e. The van der Waals surface area contributed by atoms with Crippen molar-refractivity contribution in [3.63, 3.8) is 0 Å². The van der Waals surface area contributed by atoms with Crippen molar-refractivity contribution in [1.29, 1.82) is 0 Å². The van der Waals surface area contributed by atoms with E-state index in [2.05, 4.69) is 261 Å². The summed E-state index contributed by atoms with van der Waals surface area (Å²) in [5.41, 5.74) is 11.5. The number of nitrogens with zero attached hydrogens (tertiary/aromatic N) is 5. The average Bonchev–Trinajstić information content (AvgIpc) is 4.23. The topological polar surface area (TPSA) is 92.0 Å². The molecule has 0 atom stereocenters. The monoisotopic (exact) mass is 1160 g/mol. The van der Waals surface area contributed by atoms with E-state index in [-0.39, 0.29) is 0 Å². The van der Waals surface area contributed by atoms with Crippen LogP contribution in [-0.4, -0.2) is 50.4 Å². The van der Waals surface area contributed by atoms with E-state index in [4.69, 9.17) is 24.2 Å². The highest BCUT2D eigenvalue weighted by Gasteiger charge is 2.41. The molecule has 1 N–H and O–H groups in total. The first kappa shape index (κ1) is 49.8. The molecule has 74 heavy (non-hydrogen) atoms. The molecule has 0 aliphatic heterocycles. The van der Waals surface area contributed by atoms with Crippen LogP contribution in [0.2, 0.25) is 0 Å². The molecule has 9 nitrogen and oxygen atoms in total. The van der Waals surface area contributed by atoms with E-state index in [1.54, 1.807) is 27.7 Å². The third-order valence-electron chi connectivity index (χ3n) is 13.2. The molecule has 12 aromatic rings. The lowest BCUT2D eigenvalue weighted by atomic mass is 9.76. The van der Waals surface area contributed by atoms with Crippen molar-refractivity contribution in [2.24, 2.45) is 0 Å². The lowest BCUT2D eigenvalue weighted by Gasteiger charge is -2.38. The van der Waals surface area contributed by atoms with Crippen LogP contribution in [0.5, 0.6) is 17.2 Å². The van der Waals surface area contributed by atoms with E-state index in [0.717, 1.165) is 80.5 Å². The van der Waals surface area contributed by atoms with Crippen molar-refractivity contribution in [2.75, 3.05) is 21.3 Å². The summed E-state index contributed by atoms with van der Waals surface area (Å²) in [4.78, 5) is 16.7. The Hall–Kier alpha value is -7.77. The SMILES string of the molecule is COc1cc2c(cc1Br)ncn2C(c1ccccc1)(c1ccccc1)c1ccccc1.COc1cc2nc[nH]c2cc1Br.COc1cc2ncn(C(c3ccccc3)(c3ccccc3)c3ccccc3)c2cc1Br. The van der Waals surface area contributed by atoms with Crippen LogP contribution >= 0.6 is 47.8 Å². The molecule has 0 amide bonds. The summed E-state index contributed by atoms with van der Waals surface area (Å²) in [6.45, 7) is 0. The fourth-order valence-electron chi connectivity index (χ4n) is 9.87. The van der Waals surface area contributed by atoms with Crippen LogP contribution in [0, 0.1) is 0 Å². The third kappa shape index (κ3) is 9.29. The second-order valence-corrected chi connectivity index (χ2v) is 19.8. The molecule has 9 aromatic carbocycles. The molecule has 12 rings (SSSR count). The highest BCUT2D eigenvalue weighted by atomic mass is 79.9. The number of rotatable bonds is 11. The van der Waals surface area contributed by atoms with Gasteiger partial charge in [0.2, 0.25) is 0 Å². The summed E-state index contributed by atoms with van der Waals surface area (Å²) in [7, 11) is 5.00. The van der Waals surface area contributed by atoms with Crippen LogP contribution in [0.1, 0.15) is 33.4 Å². The largest absolute Gasteiger partial charge is 0.495 e. The number of aromatic amines is 1. The third-order valence-corrected chi connectivity index (χ3v) is 15.1. The van der Waals surface area contributed by atoms with Gasteiger partial charge in [-0.1, -0.05) is 182 Å². The second-order valence-electron chi connectivity index (χ2n) is 17.2. The maximum Gasteiger partial charge on any atom is 0.135 e. The van der Waals surface area contributed by atoms with Gasteiger partial charge in [0.1, 0.15) is 28.3 Å². The zero-order valence-electron chi connectivity index (χ0n) is 40.6. The van der Waals surface area contributed by atoms with Gasteiger partial charge in [-0.15, -0.1) is 0 Å². The molecular weight excluding hydrogens is 1120 g/mol. The van der Waals surface area contributed by atoms with Gasteiger partial charge in [-0.3, -0.25) is 0 Å². The Kier molecular flexibility index (Phi) is 14.9. The van der Waals surface area contributed by atoms with Crippen molar-refractivity contribution in [3.05, 3.63) is 284 Å². The number of imidazole rings is 3. The normalized spacial score (nSPS) is 11.4. The van der Waals surface area contributed by atoms with Crippen molar-refractivity contribution in [3.8, 4) is 17.2 Å². The minimum absolute atomic E-state index is 0.591. The van der Waals surface area contributed by atoms with Gasteiger partial charge < -0.3 is 28.3 Å². The summed E-state index contributed by atoms with van der Waals surface area (Å²) in [6, 6.07) is 75.6. The molecule has 0 saturated carbocycles. The number of aromatic nitrogens is 6. The molecule has 366 valence electrons. The van der Waals surface area contributed by atoms with Crippen LogP contribution < -0.4 is 14.2 Å². The molecule has 0 aliphatic rings. The fourth-order valence-corrected chi connectivity index (χ4v) is 11.4. The van der Waals surface area contributed by atoms with E-state index in [1.165, 1.54) is 16.7 Å². The predicted molar refractivity (Wildman–Crippen MR) is 308 cm³/mol. The molecule has 0 radical (unpaired) electrons. The van der Waals surface area contributed by atoms with Crippen molar-refractivity contribution in [1.82, 2.24) is 29.1 Å². The molecule has 3 aromatic heterocycles. The number of ether oxygens (including phenoxy) is 3. The predicted octanol–water partition coefficient (Wildman–Crippen LogP) is 15.6. The van der Waals surface area contributed by atoms with E-state index >= 15 is 0 Å². The number of hydrogen-bond acceptors (Lipinski definition) is 6. The number of methoxy groups -OCH3 is 3. The highest BCUT2D eigenvalue weighted by molar-refractivity contribution is 9.11. The first-order valence-electron chi connectivity index (χ1n) is 23.7. The average molecular weight is 1170 g/mol. The molecule has 0 bridgehead atoms. The van der Waals surface area contributed by atoms with Crippen LogP contribution in [-0.2, 0) is 11.1 Å². The van der Waals surface area contributed by atoms with Crippen molar-refractivity contribution < 1.29 is 14.2 Å². The van der Waals surface area contributed by atoms with E-state index in [0.29, 0.717) is 0 Å². The summed E-state index contributed by atoms with van der Waals surface area (Å²) < 4.78 is 23.5. The standard InChI is InChI=1S/2C27H21BrN2O.C8H7BrN2O/c1-31-26-18-24-25(17-23(26)28)30(19-29-24)27(20-11-5-2-6-12-20,21-13-7-3-8-14-21)22-15-9-4-10-16-22;1-31-26-18-25-24(17-23(26)28)29-19-30(25)27(20-11-5-2-6-12-20,21-13-7-3-8-14-21)22-15-9-4-10-16-22;1-12-8-3-7-6(2-5(8)9)10-4-11-7/h2*2-19H,1H3;2-4H,1H3,(H,10,11). The number of nitrogens with one attached hydrogen (secondary N) is 1. The van der Waals surface area contributed by atoms with Gasteiger partial charge in [-0.05, 0) is 99.4 Å². The minimum Gasteiger partial charge on any atom is -0.495 e. The molecule has 3 heterocycles. The first-order valence-corrected chi connectivity index (χ1v) is 26.1. The van der Waals surface area contributed by atoms with Gasteiger partial charge in [0.05, 0.1) is 86.8 Å². The zero-order chi connectivity index (χ0) is 51.1. The lowest BCUT2D eigenvalue weighted by molar-refractivity contribution is 0.412. The Labute approximate surface area is 454 Å². The molecular formula is C62H49Br3N6O3. The Morgan fingerprint density at radius 1 is 0.365 bits per heavy atom. The van der Waals surface area contributed by atoms with Crippen LogP contribution in [0.15, 0.2) is 251 Å². The molecule has 0 fully saturated rings. The highest BCUT2D eigenvalue weighted by Crippen LogP contribution is 2.45. The fraction of sp³-hybridized carbons (Fsp3) is 0.0806. The molecule has 0 saturated heterocycles. The van der Waals surface area contributed by atoms with Crippen molar-refractivity contribution >= 4 is 80.9 Å². The lowest BCUT2D eigenvalue weighted by Crippen LogP contribution is -2.37.